The molecule has 2 aliphatic rings. The maximum absolute atomic E-state index is 12.5. The van der Waals surface area contributed by atoms with Crippen LogP contribution in [0, 0.1) is 0 Å². The number of nitrogens with one attached hydrogen (secondary N) is 2. The largest absolute Gasteiger partial charge is 0.350 e. The Balaban J connectivity index is 1.31. The Labute approximate surface area is 193 Å². The normalized spacial score (nSPS) is 17.5. The van der Waals surface area contributed by atoms with Crippen molar-refractivity contribution in [1.82, 2.24) is 15.6 Å². The number of thioether (sulfide) groups is 1. The molecule has 0 radical (unpaired) electrons. The van der Waals surface area contributed by atoms with Crippen LogP contribution in [0.4, 0.5) is 10.5 Å². The predicted molar refractivity (Wildman–Crippen MR) is 123 cm³/mol. The van der Waals surface area contributed by atoms with Gasteiger partial charge in [0.2, 0.25) is 11.8 Å². The Morgan fingerprint density at radius 1 is 1.00 bits per heavy atom. The lowest BCUT2D eigenvalue weighted by Gasteiger charge is -2.27. The molecule has 2 N–H and O–H groups in total. The Hall–Kier alpha value is -3.92. The lowest BCUT2D eigenvalue weighted by atomic mass is 10.1. The number of amides is 5. The average Bonchev–Trinajstić information content (AvgIpc) is 3.08. The number of carbonyl (C=O) groups is 5. The molecule has 168 valence electrons. The first-order valence-electron chi connectivity index (χ1n) is 10.2. The van der Waals surface area contributed by atoms with Crippen LogP contribution in [0.5, 0.6) is 0 Å². The van der Waals surface area contributed by atoms with Crippen molar-refractivity contribution in [3.63, 3.8) is 0 Å². The van der Waals surface area contributed by atoms with Gasteiger partial charge in [0.1, 0.15) is 0 Å². The van der Waals surface area contributed by atoms with Gasteiger partial charge in [0.15, 0.2) is 0 Å². The second-order valence-electron chi connectivity index (χ2n) is 7.31. The number of hydrazine groups is 1. The Morgan fingerprint density at radius 2 is 1.73 bits per heavy atom. The molecule has 2 heterocycles. The minimum Gasteiger partial charge on any atom is -0.350 e. The molecule has 2 aromatic rings. The van der Waals surface area contributed by atoms with E-state index in [1.54, 1.807) is 18.2 Å². The SMILES string of the molecule is O=C1CCC(=O)N(c2ccc(C(=O)NCCN3C(=O)S/C(=C/c4ccccc4)C3=O)cc2)N1. The van der Waals surface area contributed by atoms with Crippen LogP contribution in [0.15, 0.2) is 59.5 Å². The van der Waals surface area contributed by atoms with Crippen molar-refractivity contribution in [2.45, 2.75) is 12.8 Å². The number of carbonyl (C=O) groups excluding carboxylic acids is 5. The zero-order valence-electron chi connectivity index (χ0n) is 17.4. The molecule has 0 atom stereocenters. The molecule has 0 spiro atoms. The average molecular weight is 465 g/mol. The van der Waals surface area contributed by atoms with Gasteiger partial charge in [0.25, 0.3) is 17.1 Å². The maximum Gasteiger partial charge on any atom is 0.293 e. The molecule has 0 saturated carbocycles. The van der Waals surface area contributed by atoms with Crippen LogP contribution < -0.4 is 15.8 Å². The van der Waals surface area contributed by atoms with E-state index in [2.05, 4.69) is 10.7 Å². The fraction of sp³-hybridized carbons (Fsp3) is 0.174. The van der Waals surface area contributed by atoms with Gasteiger partial charge in [-0.1, -0.05) is 30.3 Å². The number of imide groups is 1. The van der Waals surface area contributed by atoms with E-state index >= 15 is 0 Å². The molecular weight excluding hydrogens is 444 g/mol. The molecule has 33 heavy (non-hydrogen) atoms. The van der Waals surface area contributed by atoms with Crippen LogP contribution in [0.25, 0.3) is 6.08 Å². The second kappa shape index (κ2) is 9.70. The standard InChI is InChI=1S/C23H20N4O5S/c28-19-10-11-20(29)27(25-19)17-8-6-16(7-9-17)21(30)24-12-13-26-22(31)18(33-23(26)32)14-15-4-2-1-3-5-15/h1-9,14H,10-13H2,(H,24,30)(H,25,28)/b18-14+. The van der Waals surface area contributed by atoms with Crippen molar-refractivity contribution in [1.29, 1.82) is 0 Å². The summed E-state index contributed by atoms with van der Waals surface area (Å²) in [4.78, 5) is 62.1. The summed E-state index contributed by atoms with van der Waals surface area (Å²) in [6, 6.07) is 15.4. The van der Waals surface area contributed by atoms with Crippen molar-refractivity contribution < 1.29 is 24.0 Å². The molecule has 2 aromatic carbocycles. The van der Waals surface area contributed by atoms with Crippen LogP contribution in [0.2, 0.25) is 0 Å². The maximum atomic E-state index is 12.5. The molecular formula is C23H20N4O5S. The summed E-state index contributed by atoms with van der Waals surface area (Å²) in [7, 11) is 0. The lowest BCUT2D eigenvalue weighted by Crippen LogP contribution is -2.50. The fourth-order valence-electron chi connectivity index (χ4n) is 3.32. The number of nitrogens with zero attached hydrogens (tertiary/aromatic N) is 2. The number of anilines is 1. The van der Waals surface area contributed by atoms with Gasteiger partial charge in [-0.05, 0) is 47.7 Å². The third kappa shape index (κ3) is 5.12. The zero-order chi connectivity index (χ0) is 23.4. The summed E-state index contributed by atoms with van der Waals surface area (Å²) in [5.74, 6) is -1.25. The minimum absolute atomic E-state index is 0.0505. The highest BCUT2D eigenvalue weighted by Gasteiger charge is 2.34. The van der Waals surface area contributed by atoms with E-state index in [0.29, 0.717) is 16.2 Å². The first kappa shape index (κ1) is 22.3. The molecule has 0 bridgehead atoms. The summed E-state index contributed by atoms with van der Waals surface area (Å²) >= 11 is 0.871. The molecule has 0 aromatic heterocycles. The lowest BCUT2D eigenvalue weighted by molar-refractivity contribution is -0.130. The summed E-state index contributed by atoms with van der Waals surface area (Å²) in [5, 5.41) is 3.46. The van der Waals surface area contributed by atoms with Crippen molar-refractivity contribution in [2.24, 2.45) is 0 Å². The first-order chi connectivity index (χ1) is 15.9. The van der Waals surface area contributed by atoms with Crippen LogP contribution in [0.1, 0.15) is 28.8 Å². The molecule has 0 unspecified atom stereocenters. The van der Waals surface area contributed by atoms with E-state index < -0.39 is 0 Å². The third-order valence-electron chi connectivity index (χ3n) is 5.03. The van der Waals surface area contributed by atoms with Crippen molar-refractivity contribution in [3.05, 3.63) is 70.6 Å². The third-order valence-corrected chi connectivity index (χ3v) is 5.94. The molecule has 2 fully saturated rings. The summed E-state index contributed by atoms with van der Waals surface area (Å²) in [6.45, 7) is 0.146. The van der Waals surface area contributed by atoms with E-state index in [9.17, 15) is 24.0 Å². The molecule has 0 aliphatic carbocycles. The highest BCUT2D eigenvalue weighted by atomic mass is 32.2. The monoisotopic (exact) mass is 464 g/mol. The van der Waals surface area contributed by atoms with E-state index in [1.165, 1.54) is 12.1 Å². The van der Waals surface area contributed by atoms with Gasteiger partial charge in [0.05, 0.1) is 10.6 Å². The van der Waals surface area contributed by atoms with E-state index in [1.807, 2.05) is 30.3 Å². The Bertz CT molecular complexity index is 1150. The van der Waals surface area contributed by atoms with Crippen LogP contribution in [-0.2, 0) is 14.4 Å². The molecule has 5 amide bonds. The van der Waals surface area contributed by atoms with E-state index in [4.69, 9.17) is 0 Å². The molecule has 4 rings (SSSR count). The number of benzene rings is 2. The number of rotatable bonds is 6. The highest BCUT2D eigenvalue weighted by molar-refractivity contribution is 8.18. The highest BCUT2D eigenvalue weighted by Crippen LogP contribution is 2.31. The molecule has 9 nitrogen and oxygen atoms in total. The van der Waals surface area contributed by atoms with Crippen LogP contribution in [0.3, 0.4) is 0 Å². The summed E-state index contributed by atoms with van der Waals surface area (Å²) < 4.78 is 0. The van der Waals surface area contributed by atoms with Gasteiger partial charge in [-0.2, -0.15) is 0 Å². The van der Waals surface area contributed by atoms with Gasteiger partial charge in [-0.3, -0.25) is 34.3 Å². The Kier molecular flexibility index (Phi) is 6.55. The smallest absolute Gasteiger partial charge is 0.293 e. The molecule has 2 saturated heterocycles. The van der Waals surface area contributed by atoms with Crippen LogP contribution >= 0.6 is 11.8 Å². The Morgan fingerprint density at radius 3 is 2.45 bits per heavy atom. The van der Waals surface area contributed by atoms with Crippen molar-refractivity contribution in [2.75, 3.05) is 18.1 Å². The number of hydrogen-bond donors (Lipinski definition) is 2. The van der Waals surface area contributed by atoms with Gasteiger partial charge >= 0.3 is 0 Å². The summed E-state index contributed by atoms with van der Waals surface area (Å²) in [6.07, 6.45) is 1.95. The van der Waals surface area contributed by atoms with E-state index in [0.717, 1.165) is 27.2 Å². The fourth-order valence-corrected chi connectivity index (χ4v) is 4.19. The van der Waals surface area contributed by atoms with Gasteiger partial charge < -0.3 is 5.32 Å². The van der Waals surface area contributed by atoms with Crippen molar-refractivity contribution in [3.8, 4) is 0 Å². The first-order valence-corrected chi connectivity index (χ1v) is 11.0. The minimum atomic E-state index is -0.388. The van der Waals surface area contributed by atoms with Crippen LogP contribution in [-0.4, -0.2) is 46.9 Å². The van der Waals surface area contributed by atoms with E-state index in [-0.39, 0.29) is 54.8 Å². The van der Waals surface area contributed by atoms with Gasteiger partial charge in [-0.25, -0.2) is 5.01 Å². The molecule has 2 aliphatic heterocycles. The van der Waals surface area contributed by atoms with Gasteiger partial charge in [0, 0.05) is 31.5 Å². The second-order valence-corrected chi connectivity index (χ2v) is 8.30. The summed E-state index contributed by atoms with van der Waals surface area (Å²) in [5.41, 5.74) is 4.11. The number of hydrogen-bond acceptors (Lipinski definition) is 6. The quantitative estimate of drug-likeness (QED) is 0.634. The van der Waals surface area contributed by atoms with Gasteiger partial charge in [-0.15, -0.1) is 0 Å². The predicted octanol–water partition coefficient (Wildman–Crippen LogP) is 2.31. The van der Waals surface area contributed by atoms with Crippen molar-refractivity contribution >= 4 is 52.4 Å². The topological polar surface area (TPSA) is 116 Å². The zero-order valence-corrected chi connectivity index (χ0v) is 18.3. The molecule has 10 heteroatoms.